The zero-order valence-electron chi connectivity index (χ0n) is 12.7. The molecule has 0 radical (unpaired) electrons. The number of aryl methyl sites for hydroxylation is 1. The second-order valence-electron chi connectivity index (χ2n) is 4.71. The number of amides is 2. The molecule has 0 aliphatic carbocycles. The van der Waals surface area contributed by atoms with Crippen LogP contribution in [0.1, 0.15) is 15.2 Å². The molecule has 1 N–H and O–H groups in total. The molecule has 0 aliphatic heterocycles. The maximum atomic E-state index is 11.6. The first kappa shape index (κ1) is 18.0. The maximum Gasteiger partial charge on any atom is 0.344 e. The summed E-state index contributed by atoms with van der Waals surface area (Å²) in [4.78, 5) is 35.1. The lowest BCUT2D eigenvalue weighted by atomic mass is 10.2. The zero-order valence-corrected chi connectivity index (χ0v) is 14.3. The van der Waals surface area contributed by atoms with Gasteiger partial charge in [0, 0.05) is 5.02 Å². The van der Waals surface area contributed by atoms with Crippen LogP contribution in [0, 0.1) is 6.92 Å². The number of carbonyl (C=O) groups is 3. The van der Waals surface area contributed by atoms with Crippen LogP contribution in [0.3, 0.4) is 0 Å². The van der Waals surface area contributed by atoms with Crippen LogP contribution in [0.5, 0.6) is 5.75 Å². The highest BCUT2D eigenvalue weighted by molar-refractivity contribution is 7.12. The first-order valence-electron chi connectivity index (χ1n) is 6.88. The van der Waals surface area contributed by atoms with E-state index in [1.54, 1.807) is 35.7 Å². The number of nitrogens with one attached hydrogen (secondary N) is 1. The van der Waals surface area contributed by atoms with Crippen molar-refractivity contribution in [2.45, 2.75) is 6.92 Å². The van der Waals surface area contributed by atoms with Gasteiger partial charge in [0.05, 0.1) is 4.88 Å². The van der Waals surface area contributed by atoms with Crippen molar-refractivity contribution >= 4 is 40.7 Å². The molecule has 0 saturated carbocycles. The Balaban J connectivity index is 1.71. The highest BCUT2D eigenvalue weighted by atomic mass is 35.5. The van der Waals surface area contributed by atoms with Crippen LogP contribution in [0.2, 0.25) is 5.02 Å². The van der Waals surface area contributed by atoms with E-state index in [0.29, 0.717) is 15.6 Å². The Morgan fingerprint density at radius 2 is 2.00 bits per heavy atom. The molecule has 24 heavy (non-hydrogen) atoms. The summed E-state index contributed by atoms with van der Waals surface area (Å²) in [6, 6.07) is 8.24. The summed E-state index contributed by atoms with van der Waals surface area (Å²) < 4.78 is 9.99. The van der Waals surface area contributed by atoms with Gasteiger partial charge in [-0.25, -0.2) is 4.79 Å². The van der Waals surface area contributed by atoms with Gasteiger partial charge in [-0.15, -0.1) is 11.3 Å². The van der Waals surface area contributed by atoms with Crippen molar-refractivity contribution < 1.29 is 23.9 Å². The molecule has 1 aromatic heterocycles. The van der Waals surface area contributed by atoms with Gasteiger partial charge in [0.1, 0.15) is 5.75 Å². The zero-order chi connectivity index (χ0) is 17.5. The van der Waals surface area contributed by atoms with Gasteiger partial charge in [-0.2, -0.15) is 0 Å². The Morgan fingerprint density at radius 3 is 2.67 bits per heavy atom. The van der Waals surface area contributed by atoms with E-state index in [-0.39, 0.29) is 6.61 Å². The molecule has 2 rings (SSSR count). The number of thiophene rings is 1. The number of hydrogen-bond acceptors (Lipinski definition) is 6. The van der Waals surface area contributed by atoms with Gasteiger partial charge in [-0.3, -0.25) is 14.9 Å². The van der Waals surface area contributed by atoms with E-state index in [9.17, 15) is 14.4 Å². The summed E-state index contributed by atoms with van der Waals surface area (Å²) in [5.41, 5.74) is 0.814. The Labute approximate surface area is 147 Å². The molecule has 0 unspecified atom stereocenters. The van der Waals surface area contributed by atoms with Crippen molar-refractivity contribution in [1.29, 1.82) is 0 Å². The van der Waals surface area contributed by atoms with E-state index in [1.807, 2.05) is 6.92 Å². The summed E-state index contributed by atoms with van der Waals surface area (Å²) in [6.45, 7) is 0.897. The third-order valence-corrected chi connectivity index (χ3v) is 4.14. The molecule has 0 aliphatic rings. The van der Waals surface area contributed by atoms with Crippen molar-refractivity contribution in [1.82, 2.24) is 5.32 Å². The quantitative estimate of drug-likeness (QED) is 0.793. The maximum absolute atomic E-state index is 11.6. The Morgan fingerprint density at radius 1 is 1.21 bits per heavy atom. The molecule has 1 heterocycles. The molecule has 8 heteroatoms. The SMILES string of the molecule is Cc1cc(OCC(=O)OCC(=O)NC(=O)c2cccs2)ccc1Cl. The predicted molar refractivity (Wildman–Crippen MR) is 89.4 cm³/mol. The highest BCUT2D eigenvalue weighted by Gasteiger charge is 2.13. The standard InChI is InChI=1S/C16H14ClNO5S/c1-10-7-11(4-5-12(10)17)22-9-15(20)23-8-14(19)18-16(21)13-3-2-6-24-13/h2-7H,8-9H2,1H3,(H,18,19,21). The molecular formula is C16H14ClNO5S. The Hall–Kier alpha value is -2.38. The number of carbonyl (C=O) groups excluding carboxylic acids is 3. The van der Waals surface area contributed by atoms with Crippen LogP contribution >= 0.6 is 22.9 Å². The first-order valence-corrected chi connectivity index (χ1v) is 8.13. The topological polar surface area (TPSA) is 81.7 Å². The molecule has 126 valence electrons. The molecule has 2 amide bonds. The van der Waals surface area contributed by atoms with Crippen LogP contribution < -0.4 is 10.1 Å². The summed E-state index contributed by atoms with van der Waals surface area (Å²) in [6.07, 6.45) is 0. The lowest BCUT2D eigenvalue weighted by molar-refractivity contribution is -0.150. The van der Waals surface area contributed by atoms with E-state index in [0.717, 1.165) is 5.56 Å². The molecule has 2 aromatic rings. The van der Waals surface area contributed by atoms with Crippen molar-refractivity contribution in [2.75, 3.05) is 13.2 Å². The van der Waals surface area contributed by atoms with E-state index in [2.05, 4.69) is 5.32 Å². The second kappa shape index (κ2) is 8.47. The number of ether oxygens (including phenoxy) is 2. The molecule has 6 nitrogen and oxygen atoms in total. The third kappa shape index (κ3) is 5.36. The van der Waals surface area contributed by atoms with Gasteiger partial charge in [0.15, 0.2) is 13.2 Å². The number of esters is 1. The predicted octanol–water partition coefficient (Wildman–Crippen LogP) is 2.59. The van der Waals surface area contributed by atoms with E-state index >= 15 is 0 Å². The molecule has 0 saturated heterocycles. The van der Waals surface area contributed by atoms with Gasteiger partial charge >= 0.3 is 5.97 Å². The van der Waals surface area contributed by atoms with E-state index < -0.39 is 24.4 Å². The average Bonchev–Trinajstić information content (AvgIpc) is 3.08. The van der Waals surface area contributed by atoms with Crippen molar-refractivity contribution in [3.63, 3.8) is 0 Å². The van der Waals surface area contributed by atoms with Gasteiger partial charge in [-0.05, 0) is 42.1 Å². The Bertz CT molecular complexity index is 745. The normalized spacial score (nSPS) is 10.1. The number of hydrogen-bond donors (Lipinski definition) is 1. The van der Waals surface area contributed by atoms with Crippen LogP contribution in [0.15, 0.2) is 35.7 Å². The number of halogens is 1. The molecule has 0 spiro atoms. The summed E-state index contributed by atoms with van der Waals surface area (Å²) in [5.74, 6) is -1.49. The minimum absolute atomic E-state index is 0.354. The summed E-state index contributed by atoms with van der Waals surface area (Å²) >= 11 is 7.09. The number of imide groups is 1. The number of rotatable bonds is 6. The largest absolute Gasteiger partial charge is 0.482 e. The van der Waals surface area contributed by atoms with Crippen LogP contribution in [0.4, 0.5) is 0 Å². The van der Waals surface area contributed by atoms with Gasteiger partial charge < -0.3 is 9.47 Å². The van der Waals surface area contributed by atoms with Crippen molar-refractivity contribution in [3.05, 3.63) is 51.2 Å². The Kier molecular flexibility index (Phi) is 6.34. The van der Waals surface area contributed by atoms with Crippen molar-refractivity contribution in [2.24, 2.45) is 0 Å². The van der Waals surface area contributed by atoms with Gasteiger partial charge in [0.25, 0.3) is 11.8 Å². The van der Waals surface area contributed by atoms with Gasteiger partial charge in [-0.1, -0.05) is 17.7 Å². The smallest absolute Gasteiger partial charge is 0.344 e. The summed E-state index contributed by atoms with van der Waals surface area (Å²) in [7, 11) is 0. The highest BCUT2D eigenvalue weighted by Crippen LogP contribution is 2.20. The number of benzene rings is 1. The van der Waals surface area contributed by atoms with Crippen LogP contribution in [-0.4, -0.2) is 31.0 Å². The lowest BCUT2D eigenvalue weighted by Gasteiger charge is -2.08. The first-order chi connectivity index (χ1) is 11.5. The molecule has 0 atom stereocenters. The fourth-order valence-electron chi connectivity index (χ4n) is 1.67. The van der Waals surface area contributed by atoms with Crippen molar-refractivity contribution in [3.8, 4) is 5.75 Å². The fraction of sp³-hybridized carbons (Fsp3) is 0.188. The average molecular weight is 368 g/mol. The van der Waals surface area contributed by atoms with E-state index in [1.165, 1.54) is 11.3 Å². The third-order valence-electron chi connectivity index (χ3n) is 2.85. The minimum atomic E-state index is -0.721. The fourth-order valence-corrected chi connectivity index (χ4v) is 2.41. The monoisotopic (exact) mass is 367 g/mol. The lowest BCUT2D eigenvalue weighted by Crippen LogP contribution is -2.34. The minimum Gasteiger partial charge on any atom is -0.482 e. The molecule has 0 fully saturated rings. The van der Waals surface area contributed by atoms with E-state index in [4.69, 9.17) is 21.1 Å². The molecular weight excluding hydrogens is 354 g/mol. The van der Waals surface area contributed by atoms with Crippen LogP contribution in [0.25, 0.3) is 0 Å². The van der Waals surface area contributed by atoms with Gasteiger partial charge in [0.2, 0.25) is 0 Å². The molecule has 1 aromatic carbocycles. The second-order valence-corrected chi connectivity index (χ2v) is 6.07. The van der Waals surface area contributed by atoms with Crippen LogP contribution in [-0.2, 0) is 14.3 Å². The molecule has 0 bridgehead atoms. The summed E-state index contributed by atoms with van der Waals surface area (Å²) in [5, 5.41) is 4.44.